The first-order valence-electron chi connectivity index (χ1n) is 5.86. The zero-order chi connectivity index (χ0) is 12.3. The van der Waals surface area contributed by atoms with Crippen LogP contribution in [0.1, 0.15) is 31.2 Å². The van der Waals surface area contributed by atoms with Crippen LogP contribution in [0, 0.1) is 0 Å². The number of aliphatic carboxylic acids is 1. The highest BCUT2D eigenvalue weighted by Gasteiger charge is 2.27. The van der Waals surface area contributed by atoms with Gasteiger partial charge in [-0.3, -0.25) is 9.69 Å². The Bertz CT molecular complexity index is 394. The molecule has 1 aliphatic heterocycles. The zero-order valence-corrected chi connectivity index (χ0v) is 12.0. The summed E-state index contributed by atoms with van der Waals surface area (Å²) in [5.74, 6) is -0.679. The number of rotatable bonds is 3. The van der Waals surface area contributed by atoms with Crippen molar-refractivity contribution in [3.8, 4) is 0 Å². The molecule has 2 rings (SSSR count). The molecule has 1 aromatic rings. The third kappa shape index (κ3) is 3.53. The van der Waals surface area contributed by atoms with Crippen LogP contribution in [0.3, 0.4) is 0 Å². The fourth-order valence-electron chi connectivity index (χ4n) is 2.30. The summed E-state index contributed by atoms with van der Waals surface area (Å²) in [4.78, 5) is 13.4. The Morgan fingerprint density at radius 1 is 1.53 bits per heavy atom. The first-order chi connectivity index (χ1) is 8.16. The lowest BCUT2D eigenvalue weighted by Crippen LogP contribution is -2.40. The van der Waals surface area contributed by atoms with E-state index in [4.69, 9.17) is 0 Å². The van der Waals surface area contributed by atoms with Crippen molar-refractivity contribution >= 4 is 33.2 Å². The van der Waals surface area contributed by atoms with Crippen LogP contribution < -0.4 is 0 Å². The molecule has 1 saturated heterocycles. The molecule has 1 fully saturated rings. The highest BCUT2D eigenvalue weighted by molar-refractivity contribution is 9.11. The number of likely N-dealkylation sites (tertiary alicyclic amines) is 1. The maximum atomic E-state index is 11.3. The zero-order valence-electron chi connectivity index (χ0n) is 9.56. The molecular weight excluding hydrogens is 302 g/mol. The number of carbonyl (C=O) groups is 1. The van der Waals surface area contributed by atoms with E-state index in [1.54, 1.807) is 11.3 Å². The van der Waals surface area contributed by atoms with E-state index < -0.39 is 5.97 Å². The van der Waals surface area contributed by atoms with Crippen molar-refractivity contribution in [2.45, 2.75) is 38.3 Å². The van der Waals surface area contributed by atoms with Crippen molar-refractivity contribution in [1.29, 1.82) is 0 Å². The highest BCUT2D eigenvalue weighted by Crippen LogP contribution is 2.24. The van der Waals surface area contributed by atoms with Gasteiger partial charge in [-0.2, -0.15) is 0 Å². The molecule has 0 amide bonds. The fourth-order valence-corrected chi connectivity index (χ4v) is 3.50. The Hall–Kier alpha value is -0.390. The van der Waals surface area contributed by atoms with E-state index >= 15 is 0 Å². The molecule has 0 aliphatic carbocycles. The molecule has 1 aliphatic rings. The van der Waals surface area contributed by atoms with Crippen LogP contribution in [0.2, 0.25) is 0 Å². The standard InChI is InChI=1S/C12H16BrNO2S/c13-11-6-9(8-17-11)7-14-5-3-1-2-4-10(14)12(15)16/h6,8,10H,1-5,7H2,(H,15,16). The van der Waals surface area contributed by atoms with Crippen LogP contribution in [0.5, 0.6) is 0 Å². The number of nitrogens with zero attached hydrogens (tertiary/aromatic N) is 1. The van der Waals surface area contributed by atoms with Crippen molar-refractivity contribution in [1.82, 2.24) is 4.90 Å². The molecule has 17 heavy (non-hydrogen) atoms. The molecule has 0 bridgehead atoms. The van der Waals surface area contributed by atoms with E-state index in [2.05, 4.69) is 32.3 Å². The van der Waals surface area contributed by atoms with Crippen LogP contribution in [0.15, 0.2) is 15.2 Å². The van der Waals surface area contributed by atoms with Crippen LogP contribution in [-0.4, -0.2) is 28.6 Å². The average molecular weight is 318 g/mol. The fraction of sp³-hybridized carbons (Fsp3) is 0.583. The van der Waals surface area contributed by atoms with Crippen molar-refractivity contribution in [2.24, 2.45) is 0 Å². The van der Waals surface area contributed by atoms with Crippen molar-refractivity contribution in [3.63, 3.8) is 0 Å². The molecule has 0 radical (unpaired) electrons. The second-order valence-corrected chi connectivity index (χ2v) is 6.72. The summed E-state index contributed by atoms with van der Waals surface area (Å²) in [6.45, 7) is 1.64. The van der Waals surface area contributed by atoms with E-state index in [0.717, 1.165) is 42.6 Å². The minimum Gasteiger partial charge on any atom is -0.480 e. The van der Waals surface area contributed by atoms with Gasteiger partial charge in [0.1, 0.15) is 6.04 Å². The van der Waals surface area contributed by atoms with Crippen molar-refractivity contribution < 1.29 is 9.90 Å². The largest absolute Gasteiger partial charge is 0.480 e. The summed E-state index contributed by atoms with van der Waals surface area (Å²) < 4.78 is 1.11. The number of halogens is 1. The quantitative estimate of drug-likeness (QED) is 0.929. The van der Waals surface area contributed by atoms with Crippen LogP contribution >= 0.6 is 27.3 Å². The molecule has 1 N–H and O–H groups in total. The van der Waals surface area contributed by atoms with E-state index in [9.17, 15) is 9.90 Å². The maximum absolute atomic E-state index is 11.3. The molecule has 0 saturated carbocycles. The van der Waals surface area contributed by atoms with E-state index in [1.807, 2.05) is 0 Å². The molecule has 0 aromatic carbocycles. The Labute approximate surface area is 114 Å². The summed E-state index contributed by atoms with van der Waals surface area (Å²) in [5, 5.41) is 11.4. The third-order valence-electron chi connectivity index (χ3n) is 3.16. The van der Waals surface area contributed by atoms with Gasteiger partial charge in [0, 0.05) is 6.54 Å². The summed E-state index contributed by atoms with van der Waals surface area (Å²) in [5.41, 5.74) is 1.20. The lowest BCUT2D eigenvalue weighted by atomic mass is 10.1. The lowest BCUT2D eigenvalue weighted by molar-refractivity contribution is -0.143. The Kier molecular flexibility index (Phi) is 4.59. The molecule has 94 valence electrons. The monoisotopic (exact) mass is 317 g/mol. The van der Waals surface area contributed by atoms with E-state index in [0.29, 0.717) is 0 Å². The second-order valence-electron chi connectivity index (χ2n) is 4.43. The highest BCUT2D eigenvalue weighted by atomic mass is 79.9. The molecule has 1 unspecified atom stereocenters. The molecule has 2 heterocycles. The molecule has 5 heteroatoms. The summed E-state index contributed by atoms with van der Waals surface area (Å²) >= 11 is 5.09. The second kappa shape index (κ2) is 5.98. The number of hydrogen-bond acceptors (Lipinski definition) is 3. The minimum absolute atomic E-state index is 0.309. The topological polar surface area (TPSA) is 40.5 Å². The number of carboxylic acids is 1. The predicted octanol–water partition coefficient (Wildman–Crippen LogP) is 3.34. The Morgan fingerprint density at radius 3 is 3.00 bits per heavy atom. The first-order valence-corrected chi connectivity index (χ1v) is 7.54. The van der Waals surface area contributed by atoms with Gasteiger partial charge in [-0.1, -0.05) is 12.8 Å². The normalized spacial score (nSPS) is 22.3. The van der Waals surface area contributed by atoms with Gasteiger partial charge in [-0.15, -0.1) is 11.3 Å². The van der Waals surface area contributed by atoms with Crippen LogP contribution in [0.4, 0.5) is 0 Å². The number of hydrogen-bond donors (Lipinski definition) is 1. The molecular formula is C12H16BrNO2S. The Balaban J connectivity index is 2.07. The van der Waals surface area contributed by atoms with Gasteiger partial charge in [-0.05, 0) is 52.3 Å². The summed E-state index contributed by atoms with van der Waals surface area (Å²) in [6.07, 6.45) is 4.06. The van der Waals surface area contributed by atoms with Crippen molar-refractivity contribution in [2.75, 3.05) is 6.54 Å². The van der Waals surface area contributed by atoms with E-state index in [1.165, 1.54) is 5.56 Å². The molecule has 0 spiro atoms. The Morgan fingerprint density at radius 2 is 2.35 bits per heavy atom. The number of thiophene rings is 1. The van der Waals surface area contributed by atoms with E-state index in [-0.39, 0.29) is 6.04 Å². The van der Waals surface area contributed by atoms with Gasteiger partial charge in [0.2, 0.25) is 0 Å². The summed E-state index contributed by atoms with van der Waals surface area (Å²) in [6, 6.07) is 1.77. The van der Waals surface area contributed by atoms with Crippen LogP contribution in [0.25, 0.3) is 0 Å². The predicted molar refractivity (Wildman–Crippen MR) is 72.3 cm³/mol. The maximum Gasteiger partial charge on any atom is 0.320 e. The molecule has 1 atom stereocenters. The molecule has 1 aromatic heterocycles. The lowest BCUT2D eigenvalue weighted by Gasteiger charge is -2.26. The van der Waals surface area contributed by atoms with Gasteiger partial charge in [0.05, 0.1) is 3.79 Å². The van der Waals surface area contributed by atoms with Gasteiger partial charge >= 0.3 is 5.97 Å². The smallest absolute Gasteiger partial charge is 0.320 e. The van der Waals surface area contributed by atoms with Crippen LogP contribution in [-0.2, 0) is 11.3 Å². The van der Waals surface area contributed by atoms with Gasteiger partial charge in [0.25, 0.3) is 0 Å². The average Bonchev–Trinajstić information content (AvgIpc) is 2.55. The van der Waals surface area contributed by atoms with Gasteiger partial charge in [-0.25, -0.2) is 0 Å². The van der Waals surface area contributed by atoms with Gasteiger partial charge in [0.15, 0.2) is 0 Å². The molecule has 3 nitrogen and oxygen atoms in total. The first kappa shape index (κ1) is 13.1. The van der Waals surface area contributed by atoms with Crippen molar-refractivity contribution in [3.05, 3.63) is 20.8 Å². The van der Waals surface area contributed by atoms with Gasteiger partial charge < -0.3 is 5.11 Å². The summed E-state index contributed by atoms with van der Waals surface area (Å²) in [7, 11) is 0. The number of carboxylic acid groups (broad SMARTS) is 1. The third-order valence-corrected chi connectivity index (χ3v) is 4.71. The SMILES string of the molecule is O=C(O)C1CCCCCN1Cc1csc(Br)c1. The minimum atomic E-state index is -0.679.